The van der Waals surface area contributed by atoms with E-state index in [1.54, 1.807) is 4.90 Å². The zero-order chi connectivity index (χ0) is 26.4. The molecule has 3 rings (SSSR count). The van der Waals surface area contributed by atoms with Gasteiger partial charge in [-0.2, -0.15) is 0 Å². The van der Waals surface area contributed by atoms with E-state index in [0.29, 0.717) is 13.1 Å². The van der Waals surface area contributed by atoms with Crippen LogP contribution in [0.25, 0.3) is 0 Å². The van der Waals surface area contributed by atoms with Gasteiger partial charge in [-0.25, -0.2) is 9.59 Å². The summed E-state index contributed by atoms with van der Waals surface area (Å²) >= 11 is 0. The third-order valence-electron chi connectivity index (χ3n) is 6.99. The summed E-state index contributed by atoms with van der Waals surface area (Å²) in [5, 5.41) is 5.67. The van der Waals surface area contributed by atoms with Crippen molar-refractivity contribution in [3.63, 3.8) is 0 Å². The second-order valence-electron chi connectivity index (χ2n) is 12.6. The Kier molecular flexibility index (Phi) is 7.90. The van der Waals surface area contributed by atoms with Crippen molar-refractivity contribution >= 4 is 20.4 Å². The molecule has 35 heavy (non-hydrogen) atoms. The van der Waals surface area contributed by atoms with Gasteiger partial charge >= 0.3 is 12.1 Å². The molecule has 3 fully saturated rings. The van der Waals surface area contributed by atoms with Gasteiger partial charge in [0.1, 0.15) is 30.0 Å². The highest BCUT2D eigenvalue weighted by molar-refractivity contribution is 6.74. The molecule has 11 heteroatoms. The van der Waals surface area contributed by atoms with E-state index in [4.69, 9.17) is 23.4 Å². The van der Waals surface area contributed by atoms with E-state index in [2.05, 4.69) is 44.5 Å². The number of rotatable bonds is 5. The summed E-state index contributed by atoms with van der Waals surface area (Å²) in [6, 6.07) is -0.653. The van der Waals surface area contributed by atoms with Gasteiger partial charge in [0, 0.05) is 19.6 Å². The van der Waals surface area contributed by atoms with Crippen molar-refractivity contribution < 1.29 is 33.0 Å². The van der Waals surface area contributed by atoms with E-state index < -0.39 is 56.4 Å². The molecule has 0 aromatic carbocycles. The lowest BCUT2D eigenvalue weighted by atomic mass is 9.95. The van der Waals surface area contributed by atoms with Crippen LogP contribution in [0.3, 0.4) is 0 Å². The van der Waals surface area contributed by atoms with E-state index in [9.17, 15) is 9.59 Å². The molecule has 0 aliphatic carbocycles. The Hall–Kier alpha value is -1.40. The smallest absolute Gasteiger partial charge is 0.407 e. The molecule has 0 bridgehead atoms. The van der Waals surface area contributed by atoms with Crippen LogP contribution >= 0.6 is 0 Å². The summed E-state index contributed by atoms with van der Waals surface area (Å²) in [6.45, 7) is 21.3. The van der Waals surface area contributed by atoms with Crippen LogP contribution in [0.4, 0.5) is 9.59 Å². The average molecular weight is 516 g/mol. The van der Waals surface area contributed by atoms with Gasteiger partial charge in [-0.3, -0.25) is 0 Å². The van der Waals surface area contributed by atoms with Crippen LogP contribution in [0.5, 0.6) is 0 Å². The maximum absolute atomic E-state index is 12.9. The molecule has 202 valence electrons. The van der Waals surface area contributed by atoms with Crippen molar-refractivity contribution in [3.05, 3.63) is 0 Å². The van der Waals surface area contributed by atoms with Crippen LogP contribution < -0.4 is 10.6 Å². The standard InChI is InChI=1S/C24H45N3O7Si/c1-22(2,3)33-21(29)26-14-15-17-18(32-24(7,8)31-17)16(27-13-11-12-25-20(27)28)19(30-15)34-35(9,10)23(4,5)6/h15-19H,11-14H2,1-10H3,(H,25,28)(H,26,29)/t15-,16-,17+,18?,19?/m1/s1. The van der Waals surface area contributed by atoms with E-state index >= 15 is 0 Å². The highest BCUT2D eigenvalue weighted by Crippen LogP contribution is 2.43. The lowest BCUT2D eigenvalue weighted by molar-refractivity contribution is -0.230. The molecule has 3 aliphatic rings. The third-order valence-corrected chi connectivity index (χ3v) is 11.4. The monoisotopic (exact) mass is 515 g/mol. The van der Waals surface area contributed by atoms with Gasteiger partial charge in [0.05, 0.1) is 0 Å². The average Bonchev–Trinajstić information content (AvgIpc) is 2.99. The molecule has 3 amide bonds. The van der Waals surface area contributed by atoms with Crippen LogP contribution in [0.2, 0.25) is 18.1 Å². The van der Waals surface area contributed by atoms with Crippen LogP contribution in [0, 0.1) is 0 Å². The molecule has 0 spiro atoms. The molecule has 0 radical (unpaired) electrons. The minimum absolute atomic E-state index is 0.0710. The van der Waals surface area contributed by atoms with Crippen LogP contribution in [-0.4, -0.2) is 87.0 Å². The van der Waals surface area contributed by atoms with Gasteiger partial charge in [0.15, 0.2) is 20.4 Å². The quantitative estimate of drug-likeness (QED) is 0.539. The number of alkyl carbamates (subject to hydrolysis) is 1. The number of hydrogen-bond acceptors (Lipinski definition) is 7. The van der Waals surface area contributed by atoms with Crippen LogP contribution in [0.15, 0.2) is 0 Å². The third kappa shape index (κ3) is 6.68. The summed E-state index contributed by atoms with van der Waals surface area (Å²) in [7, 11) is -2.30. The zero-order valence-corrected chi connectivity index (χ0v) is 24.0. The van der Waals surface area contributed by atoms with Crippen molar-refractivity contribution in [2.75, 3.05) is 19.6 Å². The van der Waals surface area contributed by atoms with Crippen LogP contribution in [-0.2, 0) is 23.4 Å². The first-order valence-corrected chi connectivity index (χ1v) is 15.5. The van der Waals surface area contributed by atoms with Crippen LogP contribution in [0.1, 0.15) is 61.8 Å². The summed E-state index contributed by atoms with van der Waals surface area (Å²) in [5.74, 6) is -0.876. The molecule has 3 saturated heterocycles. The largest absolute Gasteiger partial charge is 0.444 e. The molecule has 2 N–H and O–H groups in total. The zero-order valence-electron chi connectivity index (χ0n) is 23.0. The molecule has 10 nitrogen and oxygen atoms in total. The second-order valence-corrected chi connectivity index (χ2v) is 17.4. The number of carbonyl (C=O) groups is 2. The molecule has 0 aromatic heterocycles. The fourth-order valence-electron chi connectivity index (χ4n) is 4.34. The van der Waals surface area contributed by atoms with Crippen molar-refractivity contribution in [3.8, 4) is 0 Å². The first kappa shape index (κ1) is 28.2. The number of amides is 3. The summed E-state index contributed by atoms with van der Waals surface area (Å²) in [5.41, 5.74) is -0.615. The molecule has 2 unspecified atom stereocenters. The van der Waals surface area contributed by atoms with Gasteiger partial charge in [-0.15, -0.1) is 0 Å². The van der Waals surface area contributed by atoms with E-state index in [-0.39, 0.29) is 17.6 Å². The van der Waals surface area contributed by atoms with E-state index in [0.717, 1.165) is 6.42 Å². The Morgan fingerprint density at radius 1 is 1.17 bits per heavy atom. The first-order valence-electron chi connectivity index (χ1n) is 12.6. The molecule has 0 saturated carbocycles. The highest BCUT2D eigenvalue weighted by atomic mass is 28.4. The maximum Gasteiger partial charge on any atom is 0.407 e. The predicted molar refractivity (Wildman–Crippen MR) is 134 cm³/mol. The van der Waals surface area contributed by atoms with Crippen molar-refractivity contribution in [1.29, 1.82) is 0 Å². The normalized spacial score (nSPS) is 31.5. The summed E-state index contributed by atoms with van der Waals surface area (Å²) < 4.78 is 31.3. The number of fused-ring (bicyclic) bond motifs is 1. The second kappa shape index (κ2) is 9.81. The molecular weight excluding hydrogens is 470 g/mol. The van der Waals surface area contributed by atoms with E-state index in [1.165, 1.54) is 0 Å². The Morgan fingerprint density at radius 2 is 1.80 bits per heavy atom. The van der Waals surface area contributed by atoms with Crippen molar-refractivity contribution in [2.45, 2.75) is 122 Å². The SMILES string of the molecule is CC(C)(C)OC(=O)NC[C@H]1OC(O[Si](C)(C)C(C)(C)C)[C@H](N2CCCNC2=O)C2OC(C)(C)O[C@H]21. The Labute approximate surface area is 210 Å². The van der Waals surface area contributed by atoms with E-state index in [1.807, 2.05) is 34.6 Å². The summed E-state index contributed by atoms with van der Waals surface area (Å²) in [6.07, 6.45) is -1.98. The molecule has 0 aromatic rings. The summed E-state index contributed by atoms with van der Waals surface area (Å²) in [4.78, 5) is 27.1. The minimum Gasteiger partial charge on any atom is -0.444 e. The minimum atomic E-state index is -2.30. The van der Waals surface area contributed by atoms with Crippen molar-refractivity contribution in [1.82, 2.24) is 15.5 Å². The molecule has 3 aliphatic heterocycles. The molecule has 5 atom stereocenters. The van der Waals surface area contributed by atoms with Gasteiger partial charge in [-0.1, -0.05) is 20.8 Å². The fourth-order valence-corrected chi connectivity index (χ4v) is 5.47. The number of hydrogen-bond donors (Lipinski definition) is 2. The predicted octanol–water partition coefficient (Wildman–Crippen LogP) is 3.56. The highest BCUT2D eigenvalue weighted by Gasteiger charge is 2.59. The number of ether oxygens (including phenoxy) is 4. The Morgan fingerprint density at radius 3 is 2.37 bits per heavy atom. The lowest BCUT2D eigenvalue weighted by Crippen LogP contribution is -2.69. The molecule has 3 heterocycles. The van der Waals surface area contributed by atoms with Gasteiger partial charge in [-0.05, 0) is 59.2 Å². The van der Waals surface area contributed by atoms with Crippen molar-refractivity contribution in [2.24, 2.45) is 0 Å². The fraction of sp³-hybridized carbons (Fsp3) is 0.917. The lowest BCUT2D eigenvalue weighted by Gasteiger charge is -2.50. The first-order chi connectivity index (χ1) is 15.9. The van der Waals surface area contributed by atoms with Gasteiger partial charge in [0.25, 0.3) is 0 Å². The number of nitrogens with zero attached hydrogens (tertiary/aromatic N) is 1. The Balaban J connectivity index is 1.91. The van der Waals surface area contributed by atoms with Gasteiger partial charge < -0.3 is 38.9 Å². The number of nitrogens with one attached hydrogen (secondary N) is 2. The van der Waals surface area contributed by atoms with Gasteiger partial charge in [0.2, 0.25) is 0 Å². The number of urea groups is 1. The topological polar surface area (TPSA) is 108 Å². The Bertz CT molecular complexity index is 793. The molecular formula is C24H45N3O7Si. The maximum atomic E-state index is 12.9. The number of carbonyl (C=O) groups excluding carboxylic acids is 2.